The fraction of sp³-hybridized carbons (Fsp3) is 0.176. The van der Waals surface area contributed by atoms with E-state index < -0.39 is 0 Å². The van der Waals surface area contributed by atoms with Gasteiger partial charge in [0.15, 0.2) is 5.65 Å². The van der Waals surface area contributed by atoms with Crippen molar-refractivity contribution >= 4 is 23.0 Å². The minimum atomic E-state index is -0.293. The van der Waals surface area contributed by atoms with Crippen molar-refractivity contribution in [2.45, 2.75) is 19.9 Å². The summed E-state index contributed by atoms with van der Waals surface area (Å²) in [6.07, 6.45) is 1.72. The van der Waals surface area contributed by atoms with Crippen LogP contribution in [-0.2, 0) is 0 Å². The maximum atomic E-state index is 11.7. The van der Waals surface area contributed by atoms with Crippen LogP contribution in [-0.4, -0.2) is 27.0 Å². The number of fused-ring (bicyclic) bond motifs is 1. The van der Waals surface area contributed by atoms with Crippen molar-refractivity contribution in [1.82, 2.24) is 20.3 Å². The van der Waals surface area contributed by atoms with Crippen molar-refractivity contribution in [3.05, 3.63) is 48.7 Å². The van der Waals surface area contributed by atoms with Gasteiger partial charge in [0.1, 0.15) is 11.3 Å². The normalized spacial score (nSPS) is 10.7. The second kappa shape index (κ2) is 6.39. The molecule has 2 aromatic heterocycles. The predicted molar refractivity (Wildman–Crippen MR) is 90.1 cm³/mol. The minimum Gasteiger partial charge on any atom is -0.336 e. The van der Waals surface area contributed by atoms with E-state index in [0.29, 0.717) is 17.0 Å². The molecule has 2 N–H and O–H groups in total. The molecule has 3 aromatic rings. The maximum absolute atomic E-state index is 11.7. The summed E-state index contributed by atoms with van der Waals surface area (Å²) in [4.78, 5) is 25.0. The topological polar surface area (TPSA) is 79.8 Å². The molecule has 0 fully saturated rings. The van der Waals surface area contributed by atoms with Crippen LogP contribution >= 0.6 is 0 Å². The van der Waals surface area contributed by atoms with Gasteiger partial charge >= 0.3 is 6.03 Å². The third kappa shape index (κ3) is 3.60. The first kappa shape index (κ1) is 14.9. The molecule has 6 heteroatoms. The van der Waals surface area contributed by atoms with Gasteiger partial charge in [-0.15, -0.1) is 0 Å². The summed E-state index contributed by atoms with van der Waals surface area (Å²) in [5.41, 5.74) is 2.89. The third-order valence-electron chi connectivity index (χ3n) is 3.14. The lowest BCUT2D eigenvalue weighted by molar-refractivity contribution is 0.250. The van der Waals surface area contributed by atoms with Crippen molar-refractivity contribution in [3.8, 4) is 11.3 Å². The van der Waals surface area contributed by atoms with Crippen LogP contribution in [0, 0.1) is 0 Å². The van der Waals surface area contributed by atoms with E-state index in [0.717, 1.165) is 11.3 Å². The van der Waals surface area contributed by atoms with Gasteiger partial charge in [-0.25, -0.2) is 14.8 Å². The summed E-state index contributed by atoms with van der Waals surface area (Å²) < 4.78 is 0. The Kier molecular flexibility index (Phi) is 4.14. The van der Waals surface area contributed by atoms with Crippen molar-refractivity contribution in [3.63, 3.8) is 0 Å². The van der Waals surface area contributed by atoms with E-state index in [9.17, 15) is 4.79 Å². The molecule has 0 radical (unpaired) electrons. The highest BCUT2D eigenvalue weighted by atomic mass is 16.2. The number of carbonyl (C=O) groups excluding carboxylic acids is 1. The lowest BCUT2D eigenvalue weighted by atomic mass is 10.2. The minimum absolute atomic E-state index is 0.0555. The van der Waals surface area contributed by atoms with Gasteiger partial charge < -0.3 is 5.32 Å². The molecule has 0 spiro atoms. The molecular weight excluding hydrogens is 290 g/mol. The van der Waals surface area contributed by atoms with Crippen LogP contribution in [0.5, 0.6) is 0 Å². The fourth-order valence-electron chi connectivity index (χ4n) is 2.13. The van der Waals surface area contributed by atoms with Crippen LogP contribution in [0.2, 0.25) is 0 Å². The van der Waals surface area contributed by atoms with Gasteiger partial charge in [-0.05, 0) is 26.0 Å². The summed E-state index contributed by atoms with van der Waals surface area (Å²) in [6, 6.07) is 13.0. The molecule has 0 atom stereocenters. The summed E-state index contributed by atoms with van der Waals surface area (Å²) >= 11 is 0. The van der Waals surface area contributed by atoms with Crippen molar-refractivity contribution in [1.29, 1.82) is 0 Å². The first-order chi connectivity index (χ1) is 11.1. The van der Waals surface area contributed by atoms with Crippen molar-refractivity contribution in [2.75, 3.05) is 5.32 Å². The quantitative estimate of drug-likeness (QED) is 0.778. The van der Waals surface area contributed by atoms with E-state index in [1.165, 1.54) is 0 Å². The van der Waals surface area contributed by atoms with E-state index in [1.54, 1.807) is 18.3 Å². The second-order valence-electron chi connectivity index (χ2n) is 5.41. The zero-order chi connectivity index (χ0) is 16.2. The molecule has 1 aromatic carbocycles. The fourth-order valence-corrected chi connectivity index (χ4v) is 2.13. The van der Waals surface area contributed by atoms with E-state index in [4.69, 9.17) is 0 Å². The van der Waals surface area contributed by atoms with Crippen molar-refractivity contribution in [2.24, 2.45) is 0 Å². The molecule has 2 amide bonds. The lowest BCUT2D eigenvalue weighted by Crippen LogP contribution is -2.34. The molecule has 0 unspecified atom stereocenters. The van der Waals surface area contributed by atoms with E-state index in [-0.39, 0.29) is 12.1 Å². The average molecular weight is 307 g/mol. The van der Waals surface area contributed by atoms with Gasteiger partial charge in [0.25, 0.3) is 0 Å². The van der Waals surface area contributed by atoms with Gasteiger partial charge in [0, 0.05) is 11.6 Å². The first-order valence-corrected chi connectivity index (χ1v) is 7.38. The molecule has 6 nitrogen and oxygen atoms in total. The number of nitrogens with zero attached hydrogens (tertiary/aromatic N) is 3. The van der Waals surface area contributed by atoms with Crippen LogP contribution in [0.3, 0.4) is 0 Å². The van der Waals surface area contributed by atoms with Gasteiger partial charge in [0.05, 0.1) is 11.9 Å². The predicted octanol–water partition coefficient (Wildman–Crippen LogP) is 3.22. The highest BCUT2D eigenvalue weighted by Crippen LogP contribution is 2.18. The van der Waals surface area contributed by atoms with E-state index >= 15 is 0 Å². The summed E-state index contributed by atoms with van der Waals surface area (Å²) in [6.45, 7) is 3.79. The Balaban J connectivity index is 1.90. The Morgan fingerprint density at radius 2 is 1.83 bits per heavy atom. The number of nitrogens with one attached hydrogen (secondary N) is 2. The first-order valence-electron chi connectivity index (χ1n) is 7.38. The Bertz CT molecular complexity index is 833. The summed E-state index contributed by atoms with van der Waals surface area (Å²) in [5, 5.41) is 5.45. The van der Waals surface area contributed by atoms with Gasteiger partial charge in [-0.3, -0.25) is 10.3 Å². The standard InChI is InChI=1S/C17H17N5O/c1-11(2)19-17(23)22-15-9-8-13-16(21-15)20-14(10-18-13)12-6-4-3-5-7-12/h3-11H,1-2H3,(H2,19,20,21,22,23). The number of anilines is 1. The Morgan fingerprint density at radius 1 is 1.04 bits per heavy atom. The molecule has 0 aliphatic heterocycles. The number of benzene rings is 1. The zero-order valence-electron chi connectivity index (χ0n) is 12.9. The molecule has 2 heterocycles. The zero-order valence-corrected chi connectivity index (χ0v) is 12.9. The number of hydrogen-bond acceptors (Lipinski definition) is 4. The van der Waals surface area contributed by atoms with E-state index in [2.05, 4.69) is 25.6 Å². The number of rotatable bonds is 3. The molecule has 116 valence electrons. The summed E-state index contributed by atoms with van der Waals surface area (Å²) in [5.74, 6) is 0.440. The smallest absolute Gasteiger partial charge is 0.320 e. The molecule has 0 saturated heterocycles. The SMILES string of the molecule is CC(C)NC(=O)Nc1ccc2ncc(-c3ccccc3)nc2n1. The number of urea groups is 1. The van der Waals surface area contributed by atoms with Crippen LogP contribution in [0.1, 0.15) is 13.8 Å². The number of hydrogen-bond donors (Lipinski definition) is 2. The molecular formula is C17H17N5O. The highest BCUT2D eigenvalue weighted by molar-refractivity contribution is 5.89. The monoisotopic (exact) mass is 307 g/mol. The molecule has 0 saturated carbocycles. The van der Waals surface area contributed by atoms with E-state index in [1.807, 2.05) is 44.2 Å². The van der Waals surface area contributed by atoms with Gasteiger partial charge in [-0.2, -0.15) is 0 Å². The van der Waals surface area contributed by atoms with Crippen LogP contribution in [0.25, 0.3) is 22.4 Å². The number of amides is 2. The van der Waals surface area contributed by atoms with Crippen LogP contribution in [0.15, 0.2) is 48.7 Å². The highest BCUT2D eigenvalue weighted by Gasteiger charge is 2.07. The number of pyridine rings is 1. The Labute approximate surface area is 134 Å². The molecule has 0 aliphatic carbocycles. The van der Waals surface area contributed by atoms with Crippen LogP contribution in [0.4, 0.5) is 10.6 Å². The van der Waals surface area contributed by atoms with Gasteiger partial charge in [-0.1, -0.05) is 30.3 Å². The molecule has 3 rings (SSSR count). The Hall–Kier alpha value is -3.02. The number of carbonyl (C=O) groups is 1. The maximum Gasteiger partial charge on any atom is 0.320 e. The molecule has 0 bridgehead atoms. The third-order valence-corrected chi connectivity index (χ3v) is 3.14. The second-order valence-corrected chi connectivity index (χ2v) is 5.41. The lowest BCUT2D eigenvalue weighted by Gasteiger charge is -2.09. The van der Waals surface area contributed by atoms with Crippen molar-refractivity contribution < 1.29 is 4.79 Å². The largest absolute Gasteiger partial charge is 0.336 e. The Morgan fingerprint density at radius 3 is 2.57 bits per heavy atom. The molecule has 0 aliphatic rings. The van der Waals surface area contributed by atoms with Gasteiger partial charge in [0.2, 0.25) is 0 Å². The van der Waals surface area contributed by atoms with Crippen LogP contribution < -0.4 is 10.6 Å². The average Bonchev–Trinajstić information content (AvgIpc) is 2.54. The summed E-state index contributed by atoms with van der Waals surface area (Å²) in [7, 11) is 0. The molecule has 23 heavy (non-hydrogen) atoms. The number of aromatic nitrogens is 3.